The Morgan fingerprint density at radius 3 is 2.78 bits per heavy atom. The lowest BCUT2D eigenvalue weighted by Gasteiger charge is -2.26. The average molecular weight is 402 g/mol. The molecular weight excluding hydrogens is 385 g/mol. The Kier molecular flexibility index (Phi) is 5.20. The zero-order valence-corrected chi connectivity index (χ0v) is 14.8. The number of rotatable bonds is 5. The summed E-state index contributed by atoms with van der Waals surface area (Å²) in [5.41, 5.74) is 0.926. The summed E-state index contributed by atoms with van der Waals surface area (Å²) < 4.78 is 61.8. The standard InChI is InChI=1S/C15H17F3N6O2S/c16-15(17,18)12-5-2-6-24(12)14-21-9-20-13(23-14)22-11-4-1-3-10(7-11)8-27(19,25)26/h1,3-4,7,9,12H,2,5-6,8H2,(H2,19,25,26)(H,20,21,22,23). The van der Waals surface area contributed by atoms with Gasteiger partial charge in [0.05, 0.1) is 5.75 Å². The smallest absolute Gasteiger partial charge is 0.329 e. The van der Waals surface area contributed by atoms with E-state index in [1.54, 1.807) is 24.3 Å². The van der Waals surface area contributed by atoms with E-state index in [9.17, 15) is 21.6 Å². The highest BCUT2D eigenvalue weighted by atomic mass is 32.2. The molecule has 0 saturated carbocycles. The number of nitrogens with zero attached hydrogens (tertiary/aromatic N) is 4. The number of benzene rings is 1. The van der Waals surface area contributed by atoms with Crippen LogP contribution in [0.4, 0.5) is 30.8 Å². The molecule has 1 aromatic carbocycles. The van der Waals surface area contributed by atoms with Gasteiger partial charge in [-0.1, -0.05) is 12.1 Å². The summed E-state index contributed by atoms with van der Waals surface area (Å²) in [6, 6.07) is 4.77. The maximum atomic E-state index is 13.1. The topological polar surface area (TPSA) is 114 Å². The van der Waals surface area contributed by atoms with Gasteiger partial charge in [-0.2, -0.15) is 18.2 Å². The summed E-state index contributed by atoms with van der Waals surface area (Å²) in [5, 5.41) is 7.87. The second-order valence-corrected chi connectivity index (χ2v) is 7.75. The quantitative estimate of drug-likeness (QED) is 0.785. The van der Waals surface area contributed by atoms with E-state index in [1.165, 1.54) is 0 Å². The number of nitrogens with two attached hydrogens (primary N) is 1. The summed E-state index contributed by atoms with van der Waals surface area (Å²) in [6.45, 7) is 0.206. The van der Waals surface area contributed by atoms with E-state index in [1.807, 2.05) is 0 Å². The Morgan fingerprint density at radius 2 is 2.07 bits per heavy atom. The molecule has 0 aliphatic carbocycles. The SMILES string of the molecule is NS(=O)(=O)Cc1cccc(Nc2ncnc(N3CCCC3C(F)(F)F)n2)c1. The Hall–Kier alpha value is -2.47. The van der Waals surface area contributed by atoms with Gasteiger partial charge in [-0.3, -0.25) is 0 Å². The van der Waals surface area contributed by atoms with Crippen LogP contribution in [0, 0.1) is 0 Å². The van der Waals surface area contributed by atoms with E-state index in [0.29, 0.717) is 17.7 Å². The first-order chi connectivity index (χ1) is 12.6. The van der Waals surface area contributed by atoms with Gasteiger partial charge in [-0.15, -0.1) is 0 Å². The molecule has 3 rings (SSSR count). The third-order valence-corrected chi connectivity index (χ3v) is 4.73. The molecule has 27 heavy (non-hydrogen) atoms. The maximum Gasteiger partial charge on any atom is 0.408 e. The van der Waals surface area contributed by atoms with Gasteiger partial charge in [0.15, 0.2) is 0 Å². The molecule has 146 valence electrons. The van der Waals surface area contributed by atoms with E-state index in [2.05, 4.69) is 20.3 Å². The summed E-state index contributed by atoms with van der Waals surface area (Å²) in [7, 11) is -3.69. The minimum Gasteiger partial charge on any atom is -0.329 e. The first-order valence-electron chi connectivity index (χ1n) is 8.01. The zero-order chi connectivity index (χ0) is 19.7. The van der Waals surface area contributed by atoms with Gasteiger partial charge < -0.3 is 10.2 Å². The van der Waals surface area contributed by atoms with Gasteiger partial charge >= 0.3 is 6.18 Å². The second-order valence-electron chi connectivity index (χ2n) is 6.13. The fourth-order valence-corrected chi connectivity index (χ4v) is 3.58. The third-order valence-electron chi connectivity index (χ3n) is 4.00. The van der Waals surface area contributed by atoms with Crippen LogP contribution in [-0.2, 0) is 15.8 Å². The van der Waals surface area contributed by atoms with Crippen LogP contribution in [0.3, 0.4) is 0 Å². The average Bonchev–Trinajstić information content (AvgIpc) is 3.04. The van der Waals surface area contributed by atoms with Crippen LogP contribution in [0.5, 0.6) is 0 Å². The van der Waals surface area contributed by atoms with E-state index in [0.717, 1.165) is 11.2 Å². The van der Waals surface area contributed by atoms with E-state index in [4.69, 9.17) is 5.14 Å². The summed E-state index contributed by atoms with van der Waals surface area (Å²) in [5.74, 6) is -0.347. The number of alkyl halides is 3. The van der Waals surface area contributed by atoms with Crippen LogP contribution in [0.2, 0.25) is 0 Å². The van der Waals surface area contributed by atoms with Crippen LogP contribution < -0.4 is 15.4 Å². The molecule has 2 aromatic rings. The molecule has 1 fully saturated rings. The molecule has 1 atom stereocenters. The Morgan fingerprint density at radius 1 is 1.30 bits per heavy atom. The Labute approximate surface area is 153 Å². The molecule has 0 bridgehead atoms. The van der Waals surface area contributed by atoms with Gasteiger partial charge in [-0.05, 0) is 30.5 Å². The maximum absolute atomic E-state index is 13.1. The fraction of sp³-hybridized carbons (Fsp3) is 0.400. The van der Waals surface area contributed by atoms with Crippen molar-refractivity contribution in [2.45, 2.75) is 30.8 Å². The summed E-state index contributed by atoms with van der Waals surface area (Å²) in [4.78, 5) is 13.0. The lowest BCUT2D eigenvalue weighted by molar-refractivity contribution is -0.146. The van der Waals surface area contributed by atoms with Crippen molar-refractivity contribution in [1.29, 1.82) is 0 Å². The highest BCUT2D eigenvalue weighted by molar-refractivity contribution is 7.88. The lowest BCUT2D eigenvalue weighted by Crippen LogP contribution is -2.42. The van der Waals surface area contributed by atoms with Crippen molar-refractivity contribution in [3.8, 4) is 0 Å². The molecule has 8 nitrogen and oxygen atoms in total. The minimum absolute atomic E-state index is 0.00640. The largest absolute Gasteiger partial charge is 0.408 e. The molecule has 1 aliphatic rings. The van der Waals surface area contributed by atoms with Crippen LogP contribution in [0.1, 0.15) is 18.4 Å². The molecule has 1 saturated heterocycles. The molecule has 0 spiro atoms. The predicted octanol–water partition coefficient (Wildman–Crippen LogP) is 1.93. The summed E-state index contributed by atoms with van der Waals surface area (Å²) >= 11 is 0. The summed E-state index contributed by atoms with van der Waals surface area (Å²) in [6.07, 6.45) is -2.84. The van der Waals surface area contributed by atoms with Crippen molar-refractivity contribution in [2.24, 2.45) is 5.14 Å². The highest BCUT2D eigenvalue weighted by Crippen LogP contribution is 2.34. The molecule has 12 heteroatoms. The molecule has 0 amide bonds. The van der Waals surface area contributed by atoms with Gasteiger partial charge in [0.1, 0.15) is 12.4 Å². The Balaban J connectivity index is 1.80. The van der Waals surface area contributed by atoms with Crippen molar-refractivity contribution in [2.75, 3.05) is 16.8 Å². The van der Waals surface area contributed by atoms with Crippen molar-refractivity contribution < 1.29 is 21.6 Å². The molecule has 1 unspecified atom stereocenters. The monoisotopic (exact) mass is 402 g/mol. The minimum atomic E-state index is -4.36. The van der Waals surface area contributed by atoms with Crippen molar-refractivity contribution >= 4 is 27.6 Å². The molecule has 1 aromatic heterocycles. The number of hydrogen-bond acceptors (Lipinski definition) is 7. The first kappa shape index (κ1) is 19.3. The third kappa shape index (κ3) is 5.04. The van der Waals surface area contributed by atoms with E-state index >= 15 is 0 Å². The molecule has 2 heterocycles. The molecule has 3 N–H and O–H groups in total. The zero-order valence-electron chi connectivity index (χ0n) is 14.0. The van der Waals surface area contributed by atoms with Crippen molar-refractivity contribution in [1.82, 2.24) is 15.0 Å². The van der Waals surface area contributed by atoms with Crippen molar-refractivity contribution in [3.05, 3.63) is 36.2 Å². The number of sulfonamides is 1. The normalized spacial score (nSPS) is 17.9. The number of primary sulfonamides is 1. The van der Waals surface area contributed by atoms with Crippen LogP contribution in [0.25, 0.3) is 0 Å². The highest BCUT2D eigenvalue weighted by Gasteiger charge is 2.46. The van der Waals surface area contributed by atoms with Gasteiger partial charge in [0, 0.05) is 12.2 Å². The van der Waals surface area contributed by atoms with Gasteiger partial charge in [-0.25, -0.2) is 23.5 Å². The van der Waals surface area contributed by atoms with Crippen LogP contribution >= 0.6 is 0 Å². The van der Waals surface area contributed by atoms with Gasteiger partial charge in [0.25, 0.3) is 0 Å². The van der Waals surface area contributed by atoms with Crippen molar-refractivity contribution in [3.63, 3.8) is 0 Å². The number of hydrogen-bond donors (Lipinski definition) is 2. The number of aromatic nitrogens is 3. The number of anilines is 3. The first-order valence-corrected chi connectivity index (χ1v) is 9.72. The fourth-order valence-electron chi connectivity index (χ4n) is 2.93. The van der Waals surface area contributed by atoms with Crippen LogP contribution in [0.15, 0.2) is 30.6 Å². The molecule has 0 radical (unpaired) electrons. The molecular formula is C15H17F3N6O2S. The second kappa shape index (κ2) is 7.27. The van der Waals surface area contributed by atoms with E-state index < -0.39 is 22.2 Å². The van der Waals surface area contributed by atoms with E-state index in [-0.39, 0.29) is 30.6 Å². The number of halogens is 3. The van der Waals surface area contributed by atoms with Crippen LogP contribution in [-0.4, -0.2) is 42.1 Å². The molecule has 1 aliphatic heterocycles. The van der Waals surface area contributed by atoms with Gasteiger partial charge in [0.2, 0.25) is 21.9 Å². The Bertz CT molecular complexity index is 922. The predicted molar refractivity (Wildman–Crippen MR) is 92.8 cm³/mol. The number of nitrogens with one attached hydrogen (secondary N) is 1. The lowest BCUT2D eigenvalue weighted by atomic mass is 10.2.